The molecule has 3 aromatic rings. The highest BCUT2D eigenvalue weighted by Crippen LogP contribution is 2.58. The molecule has 29 heavy (non-hydrogen) atoms. The first-order valence-electron chi connectivity index (χ1n) is 9.42. The van der Waals surface area contributed by atoms with E-state index < -0.39 is 0 Å². The predicted molar refractivity (Wildman–Crippen MR) is 123 cm³/mol. The molecule has 1 aliphatic rings. The number of rotatable bonds is 6. The summed E-state index contributed by atoms with van der Waals surface area (Å²) in [6, 6.07) is 26.3. The number of nitrogens with one attached hydrogen (secondary N) is 1. The second-order valence-corrected chi connectivity index (χ2v) is 8.25. The van der Waals surface area contributed by atoms with Gasteiger partial charge in [-0.05, 0) is 63.9 Å². The van der Waals surface area contributed by atoms with E-state index in [1.807, 2.05) is 54.6 Å². The van der Waals surface area contributed by atoms with E-state index in [2.05, 4.69) is 57.4 Å². The lowest BCUT2D eigenvalue weighted by Crippen LogP contribution is -2.25. The standard InChI is InChI=1S/C24H21IN2O2/c1-29-22-13-12-17(14-21(22)25)16-26-27-23(28)20-15-24(20,18-8-4-2-5-9-18)19-10-6-3-7-11-19/h2-14,16,20H,15H2,1H3,(H,27,28)/b26-16-/t20-/m1/s1. The van der Waals surface area contributed by atoms with Crippen molar-refractivity contribution < 1.29 is 9.53 Å². The highest BCUT2D eigenvalue weighted by molar-refractivity contribution is 14.1. The maximum absolute atomic E-state index is 12.9. The van der Waals surface area contributed by atoms with Gasteiger partial charge in [0.15, 0.2) is 0 Å². The number of carbonyl (C=O) groups is 1. The van der Waals surface area contributed by atoms with Crippen LogP contribution in [-0.4, -0.2) is 19.2 Å². The van der Waals surface area contributed by atoms with Gasteiger partial charge in [0.25, 0.3) is 0 Å². The van der Waals surface area contributed by atoms with E-state index in [0.29, 0.717) is 0 Å². The molecule has 4 rings (SSSR count). The summed E-state index contributed by atoms with van der Waals surface area (Å²) in [5.74, 6) is 0.623. The Kier molecular flexibility index (Phi) is 5.67. The molecule has 1 atom stereocenters. The number of ether oxygens (including phenoxy) is 1. The van der Waals surface area contributed by atoms with E-state index in [9.17, 15) is 4.79 Å². The Labute approximate surface area is 184 Å². The van der Waals surface area contributed by atoms with E-state index >= 15 is 0 Å². The fraction of sp³-hybridized carbons (Fsp3) is 0.167. The second-order valence-electron chi connectivity index (χ2n) is 7.09. The number of amides is 1. The first kappa shape index (κ1) is 19.6. The molecule has 1 N–H and O–H groups in total. The minimum atomic E-state index is -0.280. The van der Waals surface area contributed by atoms with Gasteiger partial charge in [0, 0.05) is 5.41 Å². The number of hydrogen-bond acceptors (Lipinski definition) is 3. The molecule has 4 nitrogen and oxygen atoms in total. The Hall–Kier alpha value is -2.67. The largest absolute Gasteiger partial charge is 0.496 e. The quantitative estimate of drug-likeness (QED) is 0.304. The lowest BCUT2D eigenvalue weighted by atomic mass is 9.85. The fourth-order valence-corrected chi connectivity index (χ4v) is 4.63. The van der Waals surface area contributed by atoms with E-state index in [4.69, 9.17) is 4.74 Å². The summed E-state index contributed by atoms with van der Waals surface area (Å²) in [4.78, 5) is 12.9. The van der Waals surface area contributed by atoms with E-state index in [0.717, 1.165) is 21.3 Å². The van der Waals surface area contributed by atoms with E-state index in [1.54, 1.807) is 13.3 Å². The smallest absolute Gasteiger partial charge is 0.244 e. The molecule has 1 fully saturated rings. The van der Waals surface area contributed by atoms with Gasteiger partial charge in [-0.15, -0.1) is 0 Å². The van der Waals surface area contributed by atoms with Crippen molar-refractivity contribution in [1.29, 1.82) is 0 Å². The van der Waals surface area contributed by atoms with Gasteiger partial charge in [-0.3, -0.25) is 4.79 Å². The summed E-state index contributed by atoms with van der Waals surface area (Å²) in [5, 5.41) is 4.18. The first-order valence-corrected chi connectivity index (χ1v) is 10.5. The van der Waals surface area contributed by atoms with Crippen LogP contribution in [-0.2, 0) is 10.2 Å². The molecule has 0 radical (unpaired) electrons. The van der Waals surface area contributed by atoms with Crippen LogP contribution in [0.5, 0.6) is 5.75 Å². The van der Waals surface area contributed by atoms with Gasteiger partial charge in [0.05, 0.1) is 22.8 Å². The van der Waals surface area contributed by atoms with Crippen molar-refractivity contribution in [2.45, 2.75) is 11.8 Å². The van der Waals surface area contributed by atoms with E-state index in [-0.39, 0.29) is 17.2 Å². The molecule has 3 aromatic carbocycles. The molecule has 0 bridgehead atoms. The molecular formula is C24H21IN2O2. The van der Waals surface area contributed by atoms with Gasteiger partial charge in [0.1, 0.15) is 5.75 Å². The van der Waals surface area contributed by atoms with E-state index in [1.165, 1.54) is 11.1 Å². The third kappa shape index (κ3) is 3.92. The number of nitrogens with zero attached hydrogens (tertiary/aromatic N) is 1. The van der Waals surface area contributed by atoms with Gasteiger partial charge in [-0.1, -0.05) is 60.7 Å². The van der Waals surface area contributed by atoms with Crippen LogP contribution >= 0.6 is 22.6 Å². The van der Waals surface area contributed by atoms with Gasteiger partial charge < -0.3 is 4.74 Å². The Morgan fingerprint density at radius 3 is 2.24 bits per heavy atom. The maximum atomic E-state index is 12.9. The Morgan fingerprint density at radius 2 is 1.69 bits per heavy atom. The highest BCUT2D eigenvalue weighted by atomic mass is 127. The van der Waals surface area contributed by atoms with Crippen LogP contribution < -0.4 is 10.2 Å². The summed E-state index contributed by atoms with van der Waals surface area (Å²) in [5.41, 5.74) is 5.69. The van der Waals surface area contributed by atoms with Crippen LogP contribution in [0.4, 0.5) is 0 Å². The second kappa shape index (κ2) is 8.37. The van der Waals surface area contributed by atoms with Crippen molar-refractivity contribution in [3.8, 4) is 5.75 Å². The van der Waals surface area contributed by atoms with Crippen molar-refractivity contribution >= 4 is 34.7 Å². The molecule has 1 amide bonds. The molecule has 0 heterocycles. The van der Waals surface area contributed by atoms with Gasteiger partial charge in [0.2, 0.25) is 5.91 Å². The van der Waals surface area contributed by atoms with Crippen LogP contribution in [0.2, 0.25) is 0 Å². The zero-order valence-corrected chi connectivity index (χ0v) is 18.2. The summed E-state index contributed by atoms with van der Waals surface area (Å²) < 4.78 is 6.26. The zero-order chi connectivity index (χ0) is 20.3. The number of halogens is 1. The molecule has 146 valence electrons. The molecule has 5 heteroatoms. The summed E-state index contributed by atoms with van der Waals surface area (Å²) >= 11 is 2.22. The van der Waals surface area contributed by atoms with Crippen LogP contribution in [0.1, 0.15) is 23.1 Å². The average Bonchev–Trinajstić information content (AvgIpc) is 3.52. The molecule has 0 aliphatic heterocycles. The average molecular weight is 496 g/mol. The van der Waals surface area contributed by atoms with Crippen molar-refractivity contribution in [3.63, 3.8) is 0 Å². The fourth-order valence-electron chi connectivity index (χ4n) is 3.87. The minimum Gasteiger partial charge on any atom is -0.496 e. The zero-order valence-electron chi connectivity index (χ0n) is 16.0. The minimum absolute atomic E-state index is 0.0582. The molecule has 1 aliphatic carbocycles. The lowest BCUT2D eigenvalue weighted by Gasteiger charge is -2.18. The third-order valence-electron chi connectivity index (χ3n) is 5.42. The van der Waals surface area contributed by atoms with Crippen LogP contribution in [0.15, 0.2) is 84.0 Å². The first-order chi connectivity index (χ1) is 14.1. The normalized spacial score (nSPS) is 17.1. The summed E-state index contributed by atoms with van der Waals surface area (Å²) in [6.45, 7) is 0. The maximum Gasteiger partial charge on any atom is 0.244 e. The highest BCUT2D eigenvalue weighted by Gasteiger charge is 2.60. The van der Waals surface area contributed by atoms with Gasteiger partial charge in [-0.2, -0.15) is 5.10 Å². The van der Waals surface area contributed by atoms with Crippen molar-refractivity contribution in [2.24, 2.45) is 11.0 Å². The summed E-state index contributed by atoms with van der Waals surface area (Å²) in [6.07, 6.45) is 2.44. The number of hydrazone groups is 1. The number of hydrogen-bond donors (Lipinski definition) is 1. The van der Waals surface area contributed by atoms with Crippen molar-refractivity contribution in [1.82, 2.24) is 5.43 Å². The number of methoxy groups -OCH3 is 1. The van der Waals surface area contributed by atoms with Crippen molar-refractivity contribution in [2.75, 3.05) is 7.11 Å². The third-order valence-corrected chi connectivity index (χ3v) is 6.26. The Bertz CT molecular complexity index is 996. The van der Waals surface area contributed by atoms with Crippen LogP contribution in [0.3, 0.4) is 0 Å². The topological polar surface area (TPSA) is 50.7 Å². The van der Waals surface area contributed by atoms with Crippen LogP contribution in [0.25, 0.3) is 0 Å². The van der Waals surface area contributed by atoms with Crippen LogP contribution in [0, 0.1) is 9.49 Å². The molecule has 0 saturated heterocycles. The number of carbonyl (C=O) groups excluding carboxylic acids is 1. The Balaban J connectivity index is 1.51. The van der Waals surface area contributed by atoms with Gasteiger partial charge >= 0.3 is 0 Å². The number of benzene rings is 3. The summed E-state index contributed by atoms with van der Waals surface area (Å²) in [7, 11) is 1.65. The lowest BCUT2D eigenvalue weighted by molar-refractivity contribution is -0.122. The predicted octanol–water partition coefficient (Wildman–Crippen LogP) is 4.76. The SMILES string of the molecule is COc1ccc(/C=N\NC(=O)[C@H]2CC2(c2ccccc2)c2ccccc2)cc1I. The molecule has 1 saturated carbocycles. The molecular weight excluding hydrogens is 475 g/mol. The Morgan fingerprint density at radius 1 is 1.07 bits per heavy atom. The molecule has 0 unspecified atom stereocenters. The van der Waals surface area contributed by atoms with Crippen molar-refractivity contribution in [3.05, 3.63) is 99.1 Å². The monoisotopic (exact) mass is 496 g/mol. The molecule has 0 spiro atoms. The molecule has 0 aromatic heterocycles. The van der Waals surface area contributed by atoms with Gasteiger partial charge in [-0.25, -0.2) is 5.43 Å².